The zero-order valence-electron chi connectivity index (χ0n) is 26.4. The smallest absolute Gasteiger partial charge is 0.416 e. The van der Waals surface area contributed by atoms with E-state index < -0.39 is 47.9 Å². The van der Waals surface area contributed by atoms with E-state index in [1.165, 1.54) is 19.3 Å². The third-order valence-corrected chi connectivity index (χ3v) is 9.02. The molecule has 4 nitrogen and oxygen atoms in total. The average Bonchev–Trinajstić information content (AvgIpc) is 2.99. The van der Waals surface area contributed by atoms with Gasteiger partial charge in [0.2, 0.25) is 0 Å². The lowest BCUT2D eigenvalue weighted by Crippen LogP contribution is -2.51. The number of nitrogens with one attached hydrogen (secondary N) is 1. The number of alkyl halides is 6. The molecule has 1 aliphatic heterocycles. The molecule has 0 bridgehead atoms. The van der Waals surface area contributed by atoms with Crippen LogP contribution in [0.15, 0.2) is 60.7 Å². The minimum absolute atomic E-state index is 0.121. The van der Waals surface area contributed by atoms with Gasteiger partial charge >= 0.3 is 12.4 Å². The van der Waals surface area contributed by atoms with Gasteiger partial charge in [0, 0.05) is 24.4 Å². The molecule has 5 rings (SSSR count). The number of halogens is 6. The second-order valence-electron chi connectivity index (χ2n) is 13.0. The molecule has 250 valence electrons. The molecule has 1 saturated carbocycles. The van der Waals surface area contributed by atoms with E-state index in [-0.39, 0.29) is 11.6 Å². The fourth-order valence-electron chi connectivity index (χ4n) is 6.44. The monoisotopic (exact) mass is 649 g/mol. The molecule has 0 saturated heterocycles. The highest BCUT2D eigenvalue weighted by molar-refractivity contribution is 5.54. The largest absolute Gasteiger partial charge is 0.485 e. The summed E-state index contributed by atoms with van der Waals surface area (Å²) >= 11 is 0. The highest BCUT2D eigenvalue weighted by Gasteiger charge is 2.46. The summed E-state index contributed by atoms with van der Waals surface area (Å²) < 4.78 is 100. The Morgan fingerprint density at radius 3 is 2.17 bits per heavy atom. The number of rotatable bonds is 10. The van der Waals surface area contributed by atoms with E-state index in [4.69, 9.17) is 14.2 Å². The highest BCUT2D eigenvalue weighted by atomic mass is 19.4. The van der Waals surface area contributed by atoms with E-state index in [2.05, 4.69) is 5.32 Å². The van der Waals surface area contributed by atoms with Crippen LogP contribution in [-0.2, 0) is 35.0 Å². The van der Waals surface area contributed by atoms with Gasteiger partial charge in [-0.25, -0.2) is 0 Å². The lowest BCUT2D eigenvalue weighted by Gasteiger charge is -2.44. The van der Waals surface area contributed by atoms with Crippen molar-refractivity contribution in [1.29, 1.82) is 0 Å². The van der Waals surface area contributed by atoms with Crippen LogP contribution in [0.1, 0.15) is 91.9 Å². The first-order valence-corrected chi connectivity index (χ1v) is 15.8. The van der Waals surface area contributed by atoms with Crippen molar-refractivity contribution in [1.82, 2.24) is 0 Å². The van der Waals surface area contributed by atoms with Gasteiger partial charge in [-0.15, -0.1) is 0 Å². The average molecular weight is 650 g/mol. The first kappa shape index (κ1) is 34.1. The van der Waals surface area contributed by atoms with Crippen LogP contribution in [-0.4, -0.2) is 18.3 Å². The summed E-state index contributed by atoms with van der Waals surface area (Å²) in [5.41, 5.74) is -0.186. The van der Waals surface area contributed by atoms with Crippen LogP contribution in [0.3, 0.4) is 0 Å². The van der Waals surface area contributed by atoms with E-state index >= 15 is 0 Å². The minimum Gasteiger partial charge on any atom is -0.485 e. The Morgan fingerprint density at radius 2 is 1.52 bits per heavy atom. The first-order valence-electron chi connectivity index (χ1n) is 15.8. The molecule has 1 aliphatic carbocycles. The van der Waals surface area contributed by atoms with Gasteiger partial charge in [-0.1, -0.05) is 56.4 Å². The second kappa shape index (κ2) is 13.9. The first-order chi connectivity index (χ1) is 21.7. The van der Waals surface area contributed by atoms with Crippen molar-refractivity contribution in [3.8, 4) is 5.75 Å². The van der Waals surface area contributed by atoms with Gasteiger partial charge in [-0.05, 0) is 86.2 Å². The van der Waals surface area contributed by atoms with Crippen molar-refractivity contribution in [2.75, 3.05) is 11.9 Å². The summed E-state index contributed by atoms with van der Waals surface area (Å²) in [5.74, 6) is 1.14. The Bertz CT molecular complexity index is 1450. The van der Waals surface area contributed by atoms with Gasteiger partial charge in [0.25, 0.3) is 0 Å². The number of ether oxygens (including phenoxy) is 3. The molecule has 3 aromatic rings. The van der Waals surface area contributed by atoms with Crippen LogP contribution in [0.25, 0.3) is 0 Å². The Hall–Kier alpha value is -3.24. The maximum atomic E-state index is 13.6. The van der Waals surface area contributed by atoms with Crippen LogP contribution >= 0.6 is 0 Å². The summed E-state index contributed by atoms with van der Waals surface area (Å²) in [7, 11) is 0. The Morgan fingerprint density at radius 1 is 0.848 bits per heavy atom. The molecular weight excluding hydrogens is 608 g/mol. The van der Waals surface area contributed by atoms with Crippen LogP contribution in [0.4, 0.5) is 32.0 Å². The molecule has 0 spiro atoms. The number of hydrogen-bond donors (Lipinski definition) is 1. The second-order valence-corrected chi connectivity index (χ2v) is 13.0. The Balaban J connectivity index is 1.42. The summed E-state index contributed by atoms with van der Waals surface area (Å²) in [6, 6.07) is 15.3. The molecule has 2 unspecified atom stereocenters. The summed E-state index contributed by atoms with van der Waals surface area (Å²) in [6.07, 6.45) is -4.65. The molecule has 46 heavy (non-hydrogen) atoms. The summed E-state index contributed by atoms with van der Waals surface area (Å²) in [5, 5.41) is 3.45. The normalized spacial score (nSPS) is 20.2. The Kier molecular flexibility index (Phi) is 10.3. The van der Waals surface area contributed by atoms with Crippen LogP contribution in [0.5, 0.6) is 5.75 Å². The van der Waals surface area contributed by atoms with E-state index in [9.17, 15) is 26.3 Å². The van der Waals surface area contributed by atoms with Crippen molar-refractivity contribution >= 4 is 5.69 Å². The molecule has 1 heterocycles. The summed E-state index contributed by atoms with van der Waals surface area (Å²) in [4.78, 5) is 0. The molecule has 10 heteroatoms. The standard InChI is InChI=1S/C36H41F6NO3/c1-23-9-7-8-12-26(23)21-43-29-13-14-31-30(20-29)32(44-16-15-24-10-5-4-6-11-24)33(34(2,3)46-31)45-22-25-17-27(35(37,38)39)19-28(18-25)36(40,41)42/h7-9,12-14,17-20,24,32-33,43H,4-6,10-11,15-16,21-22H2,1-3H3. The molecule has 0 amide bonds. The highest BCUT2D eigenvalue weighted by Crippen LogP contribution is 2.45. The van der Waals surface area contributed by atoms with Crippen molar-refractivity contribution in [2.45, 2.75) is 103 Å². The van der Waals surface area contributed by atoms with E-state index in [1.807, 2.05) is 49.4 Å². The van der Waals surface area contributed by atoms with Gasteiger partial charge in [0.1, 0.15) is 23.6 Å². The SMILES string of the molecule is Cc1ccccc1CNc1ccc2c(c1)C(OCCC1CCCCC1)C(OCc1cc(C(F)(F)F)cc(C(F)(F)F)c1)C(C)(C)O2. The summed E-state index contributed by atoms with van der Waals surface area (Å²) in [6.45, 7) is 6.15. The van der Waals surface area contributed by atoms with Crippen LogP contribution in [0, 0.1) is 12.8 Å². The molecule has 3 aromatic carbocycles. The predicted molar refractivity (Wildman–Crippen MR) is 165 cm³/mol. The fourth-order valence-corrected chi connectivity index (χ4v) is 6.44. The molecular formula is C36H41F6NO3. The lowest BCUT2D eigenvalue weighted by atomic mass is 9.86. The number of fused-ring (bicyclic) bond motifs is 1. The molecule has 1 fully saturated rings. The predicted octanol–water partition coefficient (Wildman–Crippen LogP) is 10.4. The Labute approximate surface area is 266 Å². The van der Waals surface area contributed by atoms with E-state index in [0.717, 1.165) is 36.1 Å². The molecule has 0 aromatic heterocycles. The zero-order chi connectivity index (χ0) is 33.1. The third kappa shape index (κ3) is 8.37. The fraction of sp³-hybridized carbons (Fsp3) is 0.500. The molecule has 2 atom stereocenters. The molecule has 0 radical (unpaired) electrons. The third-order valence-electron chi connectivity index (χ3n) is 9.02. The van der Waals surface area contributed by atoms with Crippen LogP contribution in [0.2, 0.25) is 0 Å². The van der Waals surface area contributed by atoms with Crippen molar-refractivity contribution < 1.29 is 40.6 Å². The maximum Gasteiger partial charge on any atom is 0.416 e. The van der Waals surface area contributed by atoms with Crippen molar-refractivity contribution in [3.63, 3.8) is 0 Å². The van der Waals surface area contributed by atoms with E-state index in [0.29, 0.717) is 42.5 Å². The molecule has 1 N–H and O–H groups in total. The van der Waals surface area contributed by atoms with Gasteiger partial charge in [0.05, 0.1) is 17.7 Å². The van der Waals surface area contributed by atoms with E-state index in [1.54, 1.807) is 13.8 Å². The van der Waals surface area contributed by atoms with Gasteiger partial charge in [-0.2, -0.15) is 26.3 Å². The van der Waals surface area contributed by atoms with Crippen molar-refractivity contribution in [2.24, 2.45) is 5.92 Å². The maximum absolute atomic E-state index is 13.6. The molecule has 2 aliphatic rings. The quantitative estimate of drug-likeness (QED) is 0.222. The number of aryl methyl sites for hydroxylation is 1. The number of anilines is 1. The number of hydrogen-bond acceptors (Lipinski definition) is 4. The van der Waals surface area contributed by atoms with Gasteiger partial charge in [0.15, 0.2) is 0 Å². The minimum atomic E-state index is -4.95. The van der Waals surface area contributed by atoms with Crippen LogP contribution < -0.4 is 10.1 Å². The lowest BCUT2D eigenvalue weighted by molar-refractivity contribution is -0.168. The van der Waals surface area contributed by atoms with Gasteiger partial charge < -0.3 is 19.5 Å². The zero-order valence-corrected chi connectivity index (χ0v) is 26.4. The number of benzene rings is 3. The van der Waals surface area contributed by atoms with Crippen molar-refractivity contribution in [3.05, 3.63) is 94.0 Å². The van der Waals surface area contributed by atoms with Gasteiger partial charge in [-0.3, -0.25) is 0 Å². The topological polar surface area (TPSA) is 39.7 Å².